The fourth-order valence-corrected chi connectivity index (χ4v) is 3.65. The van der Waals surface area contributed by atoms with Crippen molar-refractivity contribution in [1.29, 1.82) is 0 Å². The number of hydrogen-bond acceptors (Lipinski definition) is 4. The maximum Gasteiger partial charge on any atom is 0.255 e. The molecular formula is C20H20BrNO4. The Kier molecular flexibility index (Phi) is 5.93. The Balaban J connectivity index is 1.76. The lowest BCUT2D eigenvalue weighted by Gasteiger charge is -2.36. The fourth-order valence-electron chi connectivity index (χ4n) is 3.19. The van der Waals surface area contributed by atoms with E-state index < -0.39 is 0 Å². The second kappa shape index (κ2) is 8.36. The van der Waals surface area contributed by atoms with Crippen LogP contribution >= 0.6 is 15.9 Å². The van der Waals surface area contributed by atoms with E-state index in [1.54, 1.807) is 18.2 Å². The van der Waals surface area contributed by atoms with Crippen LogP contribution in [0.2, 0.25) is 0 Å². The van der Waals surface area contributed by atoms with Crippen molar-refractivity contribution in [2.75, 3.05) is 13.2 Å². The van der Waals surface area contributed by atoms with Gasteiger partial charge in [0.2, 0.25) is 0 Å². The van der Waals surface area contributed by atoms with Crippen LogP contribution < -0.4 is 4.74 Å². The highest BCUT2D eigenvalue weighted by Crippen LogP contribution is 2.28. The number of aromatic hydroxyl groups is 1. The van der Waals surface area contributed by atoms with Gasteiger partial charge in [-0.3, -0.25) is 9.59 Å². The normalized spacial score (nSPS) is 17.0. The molecule has 0 spiro atoms. The van der Waals surface area contributed by atoms with E-state index in [1.807, 2.05) is 23.1 Å². The lowest BCUT2D eigenvalue weighted by atomic mass is 10.0. The highest BCUT2D eigenvalue weighted by atomic mass is 79.9. The van der Waals surface area contributed by atoms with Crippen LogP contribution in [0, 0.1) is 0 Å². The van der Waals surface area contributed by atoms with Crippen LogP contribution in [0.5, 0.6) is 11.5 Å². The molecule has 0 aromatic heterocycles. The molecule has 1 atom stereocenters. The lowest BCUT2D eigenvalue weighted by Crippen LogP contribution is -2.46. The molecule has 5 nitrogen and oxygen atoms in total. The van der Waals surface area contributed by atoms with Crippen LogP contribution in [0.25, 0.3) is 0 Å². The van der Waals surface area contributed by atoms with Gasteiger partial charge in [0.15, 0.2) is 6.29 Å². The molecule has 136 valence electrons. The standard InChI is InChI=1S/C20H20BrNO4/c21-17-8-2-1-7-15(17)20(25)22-11-4-3-6-14(22)13-26-19-10-5-9-18(24)16(19)12-23/h1-2,5,7-10,12,14,24H,3-4,6,11,13H2/t14-/m0/s1. The van der Waals surface area contributed by atoms with Crippen molar-refractivity contribution in [2.24, 2.45) is 0 Å². The molecule has 1 amide bonds. The number of carbonyl (C=O) groups is 2. The predicted molar refractivity (Wildman–Crippen MR) is 102 cm³/mol. The maximum absolute atomic E-state index is 13.0. The molecule has 0 saturated carbocycles. The first-order chi connectivity index (χ1) is 12.6. The Bertz CT molecular complexity index is 808. The molecule has 0 unspecified atom stereocenters. The molecule has 1 aliphatic rings. The number of phenols is 1. The number of amides is 1. The topological polar surface area (TPSA) is 66.8 Å². The molecule has 2 aromatic carbocycles. The third kappa shape index (κ3) is 3.90. The van der Waals surface area contributed by atoms with Crippen molar-refractivity contribution in [2.45, 2.75) is 25.3 Å². The second-order valence-corrected chi connectivity index (χ2v) is 7.10. The number of rotatable bonds is 5. The lowest BCUT2D eigenvalue weighted by molar-refractivity contribution is 0.0526. The Morgan fingerprint density at radius 2 is 2.04 bits per heavy atom. The minimum Gasteiger partial charge on any atom is -0.507 e. The van der Waals surface area contributed by atoms with Crippen LogP contribution in [0.4, 0.5) is 0 Å². The minimum atomic E-state index is -0.109. The number of halogens is 1. The number of aldehydes is 1. The number of ether oxygens (including phenoxy) is 1. The summed E-state index contributed by atoms with van der Waals surface area (Å²) in [6.45, 7) is 0.954. The van der Waals surface area contributed by atoms with E-state index in [4.69, 9.17) is 4.74 Å². The Morgan fingerprint density at radius 1 is 1.23 bits per heavy atom. The Labute approximate surface area is 160 Å². The quantitative estimate of drug-likeness (QED) is 0.745. The van der Waals surface area contributed by atoms with Gasteiger partial charge in [0.1, 0.15) is 18.1 Å². The zero-order valence-corrected chi connectivity index (χ0v) is 15.8. The summed E-state index contributed by atoms with van der Waals surface area (Å²) in [5.41, 5.74) is 0.761. The van der Waals surface area contributed by atoms with Gasteiger partial charge < -0.3 is 14.7 Å². The van der Waals surface area contributed by atoms with Gasteiger partial charge >= 0.3 is 0 Å². The van der Waals surface area contributed by atoms with Gasteiger partial charge in [-0.25, -0.2) is 0 Å². The number of benzene rings is 2. The molecule has 1 aliphatic heterocycles. The van der Waals surface area contributed by atoms with Crippen LogP contribution in [0.15, 0.2) is 46.9 Å². The summed E-state index contributed by atoms with van der Waals surface area (Å²) in [6, 6.07) is 12.0. The first kappa shape index (κ1) is 18.5. The number of phenolic OH excluding ortho intramolecular Hbond substituents is 1. The highest BCUT2D eigenvalue weighted by Gasteiger charge is 2.29. The summed E-state index contributed by atoms with van der Waals surface area (Å²) in [6.07, 6.45) is 3.40. The molecule has 1 N–H and O–H groups in total. The zero-order chi connectivity index (χ0) is 18.5. The largest absolute Gasteiger partial charge is 0.507 e. The molecule has 3 rings (SSSR count). The number of likely N-dealkylation sites (tertiary alicyclic amines) is 1. The van der Waals surface area contributed by atoms with Crippen LogP contribution in [0.1, 0.15) is 40.0 Å². The van der Waals surface area contributed by atoms with Crippen LogP contribution in [0.3, 0.4) is 0 Å². The van der Waals surface area contributed by atoms with Gasteiger partial charge in [-0.2, -0.15) is 0 Å². The summed E-state index contributed by atoms with van der Waals surface area (Å²) in [5.74, 6) is 0.193. The minimum absolute atomic E-state index is 0.0303. The molecule has 26 heavy (non-hydrogen) atoms. The molecule has 2 aromatic rings. The van der Waals surface area contributed by atoms with Crippen molar-refractivity contribution in [1.82, 2.24) is 4.90 Å². The van der Waals surface area contributed by atoms with E-state index in [2.05, 4.69) is 15.9 Å². The predicted octanol–water partition coefficient (Wildman–Crippen LogP) is 4.04. The molecule has 6 heteroatoms. The first-order valence-electron chi connectivity index (χ1n) is 8.57. The van der Waals surface area contributed by atoms with Crippen LogP contribution in [-0.4, -0.2) is 41.4 Å². The SMILES string of the molecule is O=Cc1c(O)cccc1OC[C@@H]1CCCCN1C(=O)c1ccccc1Br. The number of hydrogen-bond donors (Lipinski definition) is 1. The molecule has 0 bridgehead atoms. The van der Waals surface area contributed by atoms with E-state index in [9.17, 15) is 14.7 Å². The summed E-state index contributed by atoms with van der Waals surface area (Å²) < 4.78 is 6.57. The first-order valence-corrected chi connectivity index (χ1v) is 9.36. The van der Waals surface area contributed by atoms with Crippen molar-refractivity contribution in [3.05, 3.63) is 58.1 Å². The maximum atomic E-state index is 13.0. The summed E-state index contributed by atoms with van der Waals surface area (Å²) in [4.78, 5) is 26.0. The van der Waals surface area contributed by atoms with Crippen LogP contribution in [-0.2, 0) is 0 Å². The average molecular weight is 418 g/mol. The number of nitrogens with zero attached hydrogens (tertiary/aromatic N) is 1. The van der Waals surface area contributed by atoms with Crippen molar-refractivity contribution >= 4 is 28.1 Å². The van der Waals surface area contributed by atoms with Gasteiger partial charge in [0.25, 0.3) is 5.91 Å². The number of piperidine rings is 1. The average Bonchev–Trinajstić information content (AvgIpc) is 2.66. The third-order valence-corrected chi connectivity index (χ3v) is 5.28. The summed E-state index contributed by atoms with van der Waals surface area (Å²) in [7, 11) is 0. The number of carbonyl (C=O) groups excluding carboxylic acids is 2. The van der Waals surface area contributed by atoms with E-state index in [-0.39, 0.29) is 29.9 Å². The Hall–Kier alpha value is -2.34. The monoisotopic (exact) mass is 417 g/mol. The molecule has 1 fully saturated rings. The summed E-state index contributed by atoms with van der Waals surface area (Å²) in [5, 5.41) is 9.77. The second-order valence-electron chi connectivity index (χ2n) is 6.25. The smallest absolute Gasteiger partial charge is 0.255 e. The van der Waals surface area contributed by atoms with Gasteiger partial charge in [0.05, 0.1) is 17.2 Å². The van der Waals surface area contributed by atoms with Gasteiger partial charge in [-0.05, 0) is 59.5 Å². The van der Waals surface area contributed by atoms with E-state index in [0.717, 1.165) is 23.7 Å². The van der Waals surface area contributed by atoms with E-state index in [0.29, 0.717) is 24.1 Å². The molecule has 0 aliphatic carbocycles. The zero-order valence-electron chi connectivity index (χ0n) is 14.2. The molecule has 1 heterocycles. The van der Waals surface area contributed by atoms with Gasteiger partial charge in [-0.1, -0.05) is 18.2 Å². The summed E-state index contributed by atoms with van der Waals surface area (Å²) >= 11 is 3.44. The Morgan fingerprint density at radius 3 is 2.81 bits per heavy atom. The van der Waals surface area contributed by atoms with E-state index >= 15 is 0 Å². The fraction of sp³-hybridized carbons (Fsp3) is 0.300. The van der Waals surface area contributed by atoms with Crippen molar-refractivity contribution in [3.8, 4) is 11.5 Å². The third-order valence-electron chi connectivity index (χ3n) is 4.58. The molecular weight excluding hydrogens is 398 g/mol. The van der Waals surface area contributed by atoms with Crippen molar-refractivity contribution in [3.63, 3.8) is 0 Å². The van der Waals surface area contributed by atoms with Gasteiger partial charge in [0, 0.05) is 11.0 Å². The highest BCUT2D eigenvalue weighted by molar-refractivity contribution is 9.10. The van der Waals surface area contributed by atoms with E-state index in [1.165, 1.54) is 6.07 Å². The molecule has 0 radical (unpaired) electrons. The van der Waals surface area contributed by atoms with Gasteiger partial charge in [-0.15, -0.1) is 0 Å². The molecule has 1 saturated heterocycles. The van der Waals surface area contributed by atoms with Crippen molar-refractivity contribution < 1.29 is 19.4 Å².